The van der Waals surface area contributed by atoms with E-state index in [0.717, 1.165) is 12.1 Å². The van der Waals surface area contributed by atoms with Gasteiger partial charge in [-0.25, -0.2) is 0 Å². The smallest absolute Gasteiger partial charge is 0.416 e. The summed E-state index contributed by atoms with van der Waals surface area (Å²) < 4.78 is 42.8. The van der Waals surface area contributed by atoms with Gasteiger partial charge in [0.15, 0.2) is 0 Å². The topological polar surface area (TPSA) is 66.0 Å². The molecule has 2 aromatic rings. The van der Waals surface area contributed by atoms with Crippen LogP contribution in [0.5, 0.6) is 0 Å². The average Bonchev–Trinajstić information content (AvgIpc) is 2.97. The van der Waals surface area contributed by atoms with Crippen LogP contribution in [0.2, 0.25) is 0 Å². The van der Waals surface area contributed by atoms with Crippen LogP contribution in [0.15, 0.2) is 52.7 Å². The lowest BCUT2D eigenvalue weighted by atomic mass is 10.1. The Morgan fingerprint density at radius 2 is 2.05 bits per heavy atom. The predicted molar refractivity (Wildman–Crippen MR) is 72.4 cm³/mol. The Bertz CT molecular complexity index is 741. The van der Waals surface area contributed by atoms with Gasteiger partial charge >= 0.3 is 6.18 Å². The van der Waals surface area contributed by atoms with E-state index in [-0.39, 0.29) is 17.0 Å². The third kappa shape index (κ3) is 3.76. The minimum absolute atomic E-state index is 0.0552. The molecule has 0 atom stereocenters. The number of halogens is 3. The number of carbonyl (C=O) groups excluding carboxylic acids is 1. The molecule has 0 fully saturated rings. The van der Waals surface area contributed by atoms with Crippen LogP contribution in [0.3, 0.4) is 0 Å². The number of nitriles is 1. The van der Waals surface area contributed by atoms with Crippen molar-refractivity contribution >= 4 is 17.7 Å². The van der Waals surface area contributed by atoms with Crippen LogP contribution in [0.1, 0.15) is 11.3 Å². The molecule has 0 unspecified atom stereocenters. The van der Waals surface area contributed by atoms with Crippen LogP contribution in [0.25, 0.3) is 6.08 Å². The molecule has 22 heavy (non-hydrogen) atoms. The SMILES string of the molecule is N#CC(=Cc1ccco1)C(=O)Nc1cccc(C(F)(F)F)c1. The van der Waals surface area contributed by atoms with Gasteiger partial charge in [-0.15, -0.1) is 0 Å². The first-order valence-electron chi connectivity index (χ1n) is 6.04. The van der Waals surface area contributed by atoms with Gasteiger partial charge in [0.2, 0.25) is 0 Å². The van der Waals surface area contributed by atoms with Gasteiger partial charge in [0.05, 0.1) is 11.8 Å². The van der Waals surface area contributed by atoms with Crippen molar-refractivity contribution in [3.05, 3.63) is 59.6 Å². The third-order valence-corrected chi connectivity index (χ3v) is 2.64. The second kappa shape index (κ2) is 6.18. The highest BCUT2D eigenvalue weighted by Gasteiger charge is 2.30. The molecule has 4 nitrogen and oxygen atoms in total. The summed E-state index contributed by atoms with van der Waals surface area (Å²) in [7, 11) is 0. The lowest BCUT2D eigenvalue weighted by Crippen LogP contribution is -2.14. The molecule has 0 aliphatic carbocycles. The number of furan rings is 1. The lowest BCUT2D eigenvalue weighted by Gasteiger charge is -2.09. The van der Waals surface area contributed by atoms with Crippen molar-refractivity contribution < 1.29 is 22.4 Å². The largest absolute Gasteiger partial charge is 0.465 e. The van der Waals surface area contributed by atoms with Crippen molar-refractivity contribution in [2.24, 2.45) is 0 Å². The quantitative estimate of drug-likeness (QED) is 0.692. The second-order valence-electron chi connectivity index (χ2n) is 4.22. The molecule has 0 saturated heterocycles. The van der Waals surface area contributed by atoms with E-state index in [9.17, 15) is 18.0 Å². The first-order valence-corrected chi connectivity index (χ1v) is 6.04. The van der Waals surface area contributed by atoms with Crippen molar-refractivity contribution in [2.75, 3.05) is 5.32 Å². The van der Waals surface area contributed by atoms with E-state index in [1.165, 1.54) is 30.5 Å². The van der Waals surface area contributed by atoms with E-state index in [0.29, 0.717) is 0 Å². The van der Waals surface area contributed by atoms with Crippen LogP contribution >= 0.6 is 0 Å². The Labute approximate surface area is 123 Å². The molecule has 1 heterocycles. The molecular weight excluding hydrogens is 297 g/mol. The Hall–Kier alpha value is -3.01. The molecule has 1 N–H and O–H groups in total. The zero-order valence-corrected chi connectivity index (χ0v) is 11.0. The third-order valence-electron chi connectivity index (χ3n) is 2.64. The Morgan fingerprint density at radius 1 is 1.27 bits per heavy atom. The van der Waals surface area contributed by atoms with Gasteiger partial charge in [0, 0.05) is 11.8 Å². The molecule has 0 aliphatic rings. The Balaban J connectivity index is 2.20. The molecule has 1 amide bonds. The number of amides is 1. The number of carbonyl (C=O) groups is 1. The Morgan fingerprint density at radius 3 is 2.64 bits per heavy atom. The summed E-state index contributed by atoms with van der Waals surface area (Å²) in [6.07, 6.45) is -1.95. The van der Waals surface area contributed by atoms with Crippen LogP contribution in [-0.2, 0) is 11.0 Å². The van der Waals surface area contributed by atoms with Crippen LogP contribution < -0.4 is 5.32 Å². The molecule has 1 aromatic carbocycles. The number of rotatable bonds is 3. The summed E-state index contributed by atoms with van der Waals surface area (Å²) in [5, 5.41) is 11.2. The summed E-state index contributed by atoms with van der Waals surface area (Å²) in [6, 6.07) is 8.93. The van der Waals surface area contributed by atoms with E-state index in [4.69, 9.17) is 9.68 Å². The highest BCUT2D eigenvalue weighted by molar-refractivity contribution is 6.09. The van der Waals surface area contributed by atoms with Gasteiger partial charge < -0.3 is 9.73 Å². The minimum Gasteiger partial charge on any atom is -0.465 e. The van der Waals surface area contributed by atoms with Crippen molar-refractivity contribution in [3.8, 4) is 6.07 Å². The molecular formula is C15H9F3N2O2. The monoisotopic (exact) mass is 306 g/mol. The fourth-order valence-electron chi connectivity index (χ4n) is 1.64. The van der Waals surface area contributed by atoms with Crippen molar-refractivity contribution in [1.29, 1.82) is 5.26 Å². The summed E-state index contributed by atoms with van der Waals surface area (Å²) in [4.78, 5) is 11.9. The van der Waals surface area contributed by atoms with Gasteiger partial charge in [-0.05, 0) is 30.3 Å². The van der Waals surface area contributed by atoms with Gasteiger partial charge in [-0.3, -0.25) is 4.79 Å². The number of hydrogen-bond acceptors (Lipinski definition) is 3. The van der Waals surface area contributed by atoms with E-state index >= 15 is 0 Å². The van der Waals surface area contributed by atoms with Gasteiger partial charge in [0.25, 0.3) is 5.91 Å². The summed E-state index contributed by atoms with van der Waals surface area (Å²) in [6.45, 7) is 0. The molecule has 0 bridgehead atoms. The average molecular weight is 306 g/mol. The number of anilines is 1. The fourth-order valence-corrected chi connectivity index (χ4v) is 1.64. The first kappa shape index (κ1) is 15.4. The van der Waals surface area contributed by atoms with E-state index in [1.54, 1.807) is 12.1 Å². The maximum absolute atomic E-state index is 12.6. The van der Waals surface area contributed by atoms with Crippen molar-refractivity contribution in [1.82, 2.24) is 0 Å². The van der Waals surface area contributed by atoms with E-state index in [1.807, 2.05) is 0 Å². The summed E-state index contributed by atoms with van der Waals surface area (Å²) >= 11 is 0. The number of nitrogens with zero attached hydrogens (tertiary/aromatic N) is 1. The maximum atomic E-state index is 12.6. The molecule has 0 aliphatic heterocycles. The minimum atomic E-state index is -4.51. The zero-order valence-electron chi connectivity index (χ0n) is 11.0. The number of hydrogen-bond donors (Lipinski definition) is 1. The number of nitrogens with one attached hydrogen (secondary N) is 1. The normalized spacial score (nSPS) is 11.8. The van der Waals surface area contributed by atoms with Crippen molar-refractivity contribution in [2.45, 2.75) is 6.18 Å². The van der Waals surface area contributed by atoms with Gasteiger partial charge in [0.1, 0.15) is 17.4 Å². The molecule has 0 radical (unpaired) electrons. The molecule has 0 saturated carbocycles. The van der Waals surface area contributed by atoms with Crippen LogP contribution in [0, 0.1) is 11.3 Å². The van der Waals surface area contributed by atoms with Gasteiger partial charge in [-0.1, -0.05) is 6.07 Å². The second-order valence-corrected chi connectivity index (χ2v) is 4.22. The van der Waals surface area contributed by atoms with Crippen LogP contribution in [0.4, 0.5) is 18.9 Å². The lowest BCUT2D eigenvalue weighted by molar-refractivity contribution is -0.137. The molecule has 2 rings (SSSR count). The number of benzene rings is 1. The van der Waals surface area contributed by atoms with Crippen LogP contribution in [-0.4, -0.2) is 5.91 Å². The maximum Gasteiger partial charge on any atom is 0.416 e. The van der Waals surface area contributed by atoms with Crippen molar-refractivity contribution in [3.63, 3.8) is 0 Å². The Kier molecular flexibility index (Phi) is 4.32. The van der Waals surface area contributed by atoms with E-state index in [2.05, 4.69) is 5.32 Å². The molecule has 112 valence electrons. The summed E-state index contributed by atoms with van der Waals surface area (Å²) in [5.41, 5.74) is -1.23. The predicted octanol–water partition coefficient (Wildman–Crippen LogP) is 3.84. The fraction of sp³-hybridized carbons (Fsp3) is 0.0667. The molecule has 1 aromatic heterocycles. The van der Waals surface area contributed by atoms with Gasteiger partial charge in [-0.2, -0.15) is 18.4 Å². The molecule has 7 heteroatoms. The summed E-state index contributed by atoms with van der Waals surface area (Å²) in [5.74, 6) is -0.533. The first-order chi connectivity index (χ1) is 10.4. The number of alkyl halides is 3. The van der Waals surface area contributed by atoms with E-state index < -0.39 is 17.6 Å². The molecule has 0 spiro atoms. The zero-order chi connectivity index (χ0) is 16.2. The highest BCUT2D eigenvalue weighted by atomic mass is 19.4. The standard InChI is InChI=1S/C15H9F3N2O2/c16-15(17,18)11-3-1-4-12(8-11)20-14(21)10(9-19)7-13-5-2-6-22-13/h1-8H,(H,20,21). The highest BCUT2D eigenvalue weighted by Crippen LogP contribution is 2.30.